The largest absolute Gasteiger partial charge is 0.309 e. The summed E-state index contributed by atoms with van der Waals surface area (Å²) >= 11 is 2.34. The zero-order chi connectivity index (χ0) is 14.5. The van der Waals surface area contributed by atoms with Crippen molar-refractivity contribution in [3.63, 3.8) is 0 Å². The van der Waals surface area contributed by atoms with E-state index in [1.807, 2.05) is 0 Å². The fourth-order valence-electron chi connectivity index (χ4n) is 2.48. The molecule has 0 aliphatic heterocycles. The SMILES string of the molecule is CCNC(Cc1ccc(I)cc1)c1cc(C)nn1CC. The molecule has 4 heteroatoms. The van der Waals surface area contributed by atoms with E-state index < -0.39 is 0 Å². The molecule has 3 nitrogen and oxygen atoms in total. The van der Waals surface area contributed by atoms with Gasteiger partial charge in [-0.2, -0.15) is 5.10 Å². The third kappa shape index (κ3) is 3.82. The van der Waals surface area contributed by atoms with Crippen LogP contribution in [0.3, 0.4) is 0 Å². The summed E-state index contributed by atoms with van der Waals surface area (Å²) in [6.45, 7) is 8.23. The van der Waals surface area contributed by atoms with Gasteiger partial charge in [0.1, 0.15) is 0 Å². The van der Waals surface area contributed by atoms with Crippen molar-refractivity contribution in [2.24, 2.45) is 0 Å². The van der Waals surface area contributed by atoms with Crippen molar-refractivity contribution in [2.75, 3.05) is 6.54 Å². The summed E-state index contributed by atoms with van der Waals surface area (Å²) in [6.07, 6.45) is 0.996. The van der Waals surface area contributed by atoms with Crippen LogP contribution < -0.4 is 5.32 Å². The van der Waals surface area contributed by atoms with E-state index in [1.165, 1.54) is 14.8 Å². The number of likely N-dealkylation sites (N-methyl/N-ethyl adjacent to an activating group) is 1. The van der Waals surface area contributed by atoms with Gasteiger partial charge in [0.2, 0.25) is 0 Å². The van der Waals surface area contributed by atoms with Crippen molar-refractivity contribution in [1.82, 2.24) is 15.1 Å². The molecule has 0 bridgehead atoms. The summed E-state index contributed by atoms with van der Waals surface area (Å²) in [5.74, 6) is 0. The number of aryl methyl sites for hydroxylation is 2. The first-order chi connectivity index (χ1) is 9.63. The standard InChI is InChI=1S/C16H22IN3/c1-4-18-15(11-13-6-8-14(17)9-7-13)16-10-12(3)19-20(16)5-2/h6-10,15,18H,4-5,11H2,1-3H3. The van der Waals surface area contributed by atoms with Gasteiger partial charge >= 0.3 is 0 Å². The Morgan fingerprint density at radius 2 is 1.95 bits per heavy atom. The van der Waals surface area contributed by atoms with Gasteiger partial charge in [-0.25, -0.2) is 0 Å². The first-order valence-corrected chi connectivity index (χ1v) is 8.24. The fourth-order valence-corrected chi connectivity index (χ4v) is 2.84. The average molecular weight is 383 g/mol. The maximum atomic E-state index is 4.56. The Balaban J connectivity index is 2.23. The van der Waals surface area contributed by atoms with E-state index in [0.29, 0.717) is 6.04 Å². The molecule has 0 saturated heterocycles. The summed E-state index contributed by atoms with van der Waals surface area (Å²) in [6, 6.07) is 11.3. The molecule has 1 heterocycles. The lowest BCUT2D eigenvalue weighted by Crippen LogP contribution is -2.25. The molecule has 1 atom stereocenters. The summed E-state index contributed by atoms with van der Waals surface area (Å²) in [5.41, 5.74) is 3.73. The summed E-state index contributed by atoms with van der Waals surface area (Å²) in [5, 5.41) is 8.15. The molecule has 2 rings (SSSR count). The van der Waals surface area contributed by atoms with Crippen molar-refractivity contribution < 1.29 is 0 Å². The maximum Gasteiger partial charge on any atom is 0.0597 e. The van der Waals surface area contributed by atoms with E-state index in [-0.39, 0.29) is 0 Å². The van der Waals surface area contributed by atoms with Crippen LogP contribution in [0.15, 0.2) is 30.3 Å². The second-order valence-corrected chi connectivity index (χ2v) is 6.21. The molecule has 20 heavy (non-hydrogen) atoms. The molecule has 0 fully saturated rings. The molecule has 108 valence electrons. The van der Waals surface area contributed by atoms with E-state index in [2.05, 4.69) is 88.8 Å². The number of aromatic nitrogens is 2. The minimum Gasteiger partial charge on any atom is -0.309 e. The van der Waals surface area contributed by atoms with Crippen LogP contribution in [0.5, 0.6) is 0 Å². The number of benzene rings is 1. The monoisotopic (exact) mass is 383 g/mol. The first-order valence-electron chi connectivity index (χ1n) is 7.16. The highest BCUT2D eigenvalue weighted by molar-refractivity contribution is 14.1. The zero-order valence-electron chi connectivity index (χ0n) is 12.4. The van der Waals surface area contributed by atoms with Crippen molar-refractivity contribution >= 4 is 22.6 Å². The second-order valence-electron chi connectivity index (χ2n) is 4.97. The normalized spacial score (nSPS) is 12.6. The Morgan fingerprint density at radius 3 is 2.55 bits per heavy atom. The number of rotatable bonds is 6. The molecule has 1 N–H and O–H groups in total. The van der Waals surface area contributed by atoms with Crippen molar-refractivity contribution in [2.45, 2.75) is 39.8 Å². The zero-order valence-corrected chi connectivity index (χ0v) is 14.5. The van der Waals surface area contributed by atoms with Crippen LogP contribution in [0.25, 0.3) is 0 Å². The lowest BCUT2D eigenvalue weighted by molar-refractivity contribution is 0.490. The first kappa shape index (κ1) is 15.5. The van der Waals surface area contributed by atoms with Gasteiger partial charge < -0.3 is 5.32 Å². The quantitative estimate of drug-likeness (QED) is 0.771. The van der Waals surface area contributed by atoms with Crippen molar-refractivity contribution in [3.8, 4) is 0 Å². The fraction of sp³-hybridized carbons (Fsp3) is 0.438. The molecule has 0 saturated carbocycles. The third-order valence-corrected chi connectivity index (χ3v) is 4.11. The highest BCUT2D eigenvalue weighted by Crippen LogP contribution is 2.20. The Morgan fingerprint density at radius 1 is 1.25 bits per heavy atom. The molecular weight excluding hydrogens is 361 g/mol. The van der Waals surface area contributed by atoms with E-state index >= 15 is 0 Å². The Kier molecular flexibility index (Phi) is 5.60. The summed E-state index contributed by atoms with van der Waals surface area (Å²) in [7, 11) is 0. The Labute approximate surface area is 134 Å². The topological polar surface area (TPSA) is 29.9 Å². The van der Waals surface area contributed by atoms with Gasteiger partial charge in [-0.05, 0) is 73.2 Å². The Hall–Kier alpha value is -0.880. The number of hydrogen-bond acceptors (Lipinski definition) is 2. The van der Waals surface area contributed by atoms with Crippen LogP contribution in [-0.2, 0) is 13.0 Å². The molecule has 0 spiro atoms. The van der Waals surface area contributed by atoms with Crippen LogP contribution in [0.4, 0.5) is 0 Å². The van der Waals surface area contributed by atoms with E-state index in [1.54, 1.807) is 0 Å². The van der Waals surface area contributed by atoms with Crippen LogP contribution in [0.1, 0.15) is 36.8 Å². The average Bonchev–Trinajstić information content (AvgIpc) is 2.82. The highest BCUT2D eigenvalue weighted by Gasteiger charge is 2.16. The van der Waals surface area contributed by atoms with E-state index in [4.69, 9.17) is 0 Å². The Bertz CT molecular complexity index is 545. The molecule has 1 aromatic carbocycles. The minimum atomic E-state index is 0.321. The van der Waals surface area contributed by atoms with Gasteiger partial charge in [-0.1, -0.05) is 19.1 Å². The smallest absolute Gasteiger partial charge is 0.0597 e. The lowest BCUT2D eigenvalue weighted by Gasteiger charge is -2.19. The van der Waals surface area contributed by atoms with Gasteiger partial charge in [0.25, 0.3) is 0 Å². The van der Waals surface area contributed by atoms with Crippen LogP contribution in [0, 0.1) is 10.5 Å². The van der Waals surface area contributed by atoms with Gasteiger partial charge in [0, 0.05) is 10.1 Å². The number of nitrogens with zero attached hydrogens (tertiary/aromatic N) is 2. The lowest BCUT2D eigenvalue weighted by atomic mass is 10.0. The van der Waals surface area contributed by atoms with Crippen LogP contribution in [0.2, 0.25) is 0 Å². The predicted molar refractivity (Wildman–Crippen MR) is 91.9 cm³/mol. The summed E-state index contributed by atoms with van der Waals surface area (Å²) < 4.78 is 3.39. The maximum absolute atomic E-state index is 4.56. The molecule has 1 unspecified atom stereocenters. The van der Waals surface area contributed by atoms with Crippen molar-refractivity contribution in [3.05, 3.63) is 50.9 Å². The van der Waals surface area contributed by atoms with Gasteiger partial charge in [0.15, 0.2) is 0 Å². The van der Waals surface area contributed by atoms with Crippen LogP contribution >= 0.6 is 22.6 Å². The van der Waals surface area contributed by atoms with Gasteiger partial charge in [-0.3, -0.25) is 4.68 Å². The van der Waals surface area contributed by atoms with Gasteiger partial charge in [0.05, 0.1) is 17.4 Å². The predicted octanol–water partition coefficient (Wildman–Crippen LogP) is 3.71. The molecule has 0 amide bonds. The van der Waals surface area contributed by atoms with Crippen LogP contribution in [-0.4, -0.2) is 16.3 Å². The molecule has 0 aliphatic carbocycles. The van der Waals surface area contributed by atoms with E-state index in [0.717, 1.165) is 25.2 Å². The molecule has 2 aromatic rings. The number of halogens is 1. The van der Waals surface area contributed by atoms with Gasteiger partial charge in [-0.15, -0.1) is 0 Å². The third-order valence-electron chi connectivity index (χ3n) is 3.39. The highest BCUT2D eigenvalue weighted by atomic mass is 127. The number of nitrogens with one attached hydrogen (secondary N) is 1. The minimum absolute atomic E-state index is 0.321. The molecular formula is C16H22IN3. The second kappa shape index (κ2) is 7.22. The summed E-state index contributed by atoms with van der Waals surface area (Å²) in [4.78, 5) is 0. The molecule has 0 aliphatic rings. The molecule has 0 radical (unpaired) electrons. The van der Waals surface area contributed by atoms with E-state index in [9.17, 15) is 0 Å². The van der Waals surface area contributed by atoms with Crippen molar-refractivity contribution in [1.29, 1.82) is 0 Å². The molecule has 1 aromatic heterocycles. The number of hydrogen-bond donors (Lipinski definition) is 1.